The number of thiol groups is 1. The van der Waals surface area contributed by atoms with Gasteiger partial charge < -0.3 is 18.6 Å². The van der Waals surface area contributed by atoms with Crippen molar-refractivity contribution in [2.75, 3.05) is 20.7 Å². The molecule has 1 atom stereocenters. The number of nitrogens with zero attached hydrogens (tertiary/aromatic N) is 1. The molecule has 1 rings (SSSR count). The minimum absolute atomic E-state index is 0.0226. The summed E-state index contributed by atoms with van der Waals surface area (Å²) in [5.74, 6) is 1.26. The van der Waals surface area contributed by atoms with Crippen molar-refractivity contribution in [2.24, 2.45) is 0 Å². The van der Waals surface area contributed by atoms with E-state index in [2.05, 4.69) is 38.7 Å². The van der Waals surface area contributed by atoms with Crippen molar-refractivity contribution in [3.05, 3.63) is 23.8 Å². The summed E-state index contributed by atoms with van der Waals surface area (Å²) >= 11 is 3.89. The highest BCUT2D eigenvalue weighted by Crippen LogP contribution is 2.32. The molecule has 0 aromatic heterocycles. The second kappa shape index (κ2) is 8.51. The molecule has 1 aromatic carbocycles. The Kier molecular flexibility index (Phi) is 7.35. The fourth-order valence-electron chi connectivity index (χ4n) is 1.99. The van der Waals surface area contributed by atoms with E-state index in [9.17, 15) is 0 Å². The van der Waals surface area contributed by atoms with Gasteiger partial charge in [-0.3, -0.25) is 0 Å². The molecule has 1 aromatic rings. The van der Waals surface area contributed by atoms with Gasteiger partial charge in [0.2, 0.25) is 0 Å². The number of rotatable bonds is 8. The Morgan fingerprint density at radius 2 is 1.81 bits per heavy atom. The molecule has 0 aliphatic rings. The lowest BCUT2D eigenvalue weighted by Crippen LogP contribution is -2.32. The summed E-state index contributed by atoms with van der Waals surface area (Å²) in [6, 6.07) is 6.28. The van der Waals surface area contributed by atoms with E-state index in [1.165, 1.54) is 0 Å². The first-order chi connectivity index (χ1) is 9.88. The van der Waals surface area contributed by atoms with Crippen LogP contribution in [-0.2, 0) is 4.74 Å². The van der Waals surface area contributed by atoms with Gasteiger partial charge in [0.15, 0.2) is 11.5 Å². The van der Waals surface area contributed by atoms with Gasteiger partial charge >= 0.3 is 0 Å². The maximum Gasteiger partial charge on any atom is 0.179 e. The lowest BCUT2D eigenvalue weighted by Gasteiger charge is -2.29. The van der Waals surface area contributed by atoms with Crippen LogP contribution >= 0.6 is 12.9 Å². The van der Waals surface area contributed by atoms with Crippen LogP contribution in [0.2, 0.25) is 0 Å². The highest BCUT2D eigenvalue weighted by Gasteiger charge is 2.19. The molecule has 0 heterocycles. The average Bonchev–Trinajstić information content (AvgIpc) is 2.45. The summed E-state index contributed by atoms with van der Waals surface area (Å²) in [7, 11) is 3.71. The average molecular weight is 313 g/mol. The molecule has 0 fully saturated rings. The van der Waals surface area contributed by atoms with E-state index in [-0.39, 0.29) is 12.2 Å². The Morgan fingerprint density at radius 1 is 1.14 bits per heavy atom. The molecule has 0 N–H and O–H groups in total. The number of hydrogen-bond donors (Lipinski definition) is 1. The molecular weight excluding hydrogens is 286 g/mol. The van der Waals surface area contributed by atoms with Crippen LogP contribution in [0.3, 0.4) is 0 Å². The minimum Gasteiger partial charge on any atom is -0.493 e. The van der Waals surface area contributed by atoms with Gasteiger partial charge in [-0.25, -0.2) is 0 Å². The van der Waals surface area contributed by atoms with E-state index in [4.69, 9.17) is 13.7 Å². The molecule has 0 aliphatic heterocycles. The normalized spacial score (nSPS) is 13.0. The number of hydrogen-bond acceptors (Lipinski definition) is 5. The highest BCUT2D eigenvalue weighted by atomic mass is 32.1. The van der Waals surface area contributed by atoms with Crippen LogP contribution in [0.25, 0.3) is 0 Å². The molecule has 120 valence electrons. The van der Waals surface area contributed by atoms with Gasteiger partial charge in [-0.05, 0) is 52.4 Å². The quantitative estimate of drug-likeness (QED) is 0.585. The SMILES string of the molecule is COc1ccc(C(CN(C)C(C)C)OC(C)C)cc1OS. The molecule has 0 saturated heterocycles. The summed E-state index contributed by atoms with van der Waals surface area (Å²) in [5.41, 5.74) is 1.06. The fourth-order valence-corrected chi connectivity index (χ4v) is 2.14. The lowest BCUT2D eigenvalue weighted by atomic mass is 10.1. The standard InChI is InChI=1S/C16H27NO3S/c1-11(2)17(5)10-16(19-12(3)4)13-7-8-14(18-6)15(9-13)20-21/h7-9,11-12,16,21H,10H2,1-6H3. The van der Waals surface area contributed by atoms with Crippen LogP contribution in [-0.4, -0.2) is 37.7 Å². The molecule has 0 radical (unpaired) electrons. The fraction of sp³-hybridized carbons (Fsp3) is 0.625. The van der Waals surface area contributed by atoms with Crippen LogP contribution in [0.5, 0.6) is 11.5 Å². The maximum atomic E-state index is 6.07. The van der Waals surface area contributed by atoms with Gasteiger partial charge in [0.05, 0.1) is 19.3 Å². The third-order valence-electron chi connectivity index (χ3n) is 3.43. The van der Waals surface area contributed by atoms with E-state index in [1.54, 1.807) is 7.11 Å². The Morgan fingerprint density at radius 3 is 2.29 bits per heavy atom. The van der Waals surface area contributed by atoms with Crippen molar-refractivity contribution >= 4 is 12.9 Å². The van der Waals surface area contributed by atoms with Gasteiger partial charge in [0.1, 0.15) is 0 Å². The molecule has 0 aliphatic carbocycles. The molecule has 21 heavy (non-hydrogen) atoms. The number of likely N-dealkylation sites (N-methyl/N-ethyl adjacent to an activating group) is 1. The van der Waals surface area contributed by atoms with E-state index >= 15 is 0 Å². The first kappa shape index (κ1) is 18.1. The third-order valence-corrected chi connectivity index (χ3v) is 3.63. The predicted molar refractivity (Wildman–Crippen MR) is 89.3 cm³/mol. The first-order valence-electron chi connectivity index (χ1n) is 7.24. The van der Waals surface area contributed by atoms with Crippen LogP contribution < -0.4 is 8.92 Å². The zero-order valence-electron chi connectivity index (χ0n) is 13.8. The zero-order valence-corrected chi connectivity index (χ0v) is 14.7. The monoisotopic (exact) mass is 313 g/mol. The molecule has 0 spiro atoms. The number of ether oxygens (including phenoxy) is 2. The van der Waals surface area contributed by atoms with Crippen molar-refractivity contribution in [1.82, 2.24) is 4.90 Å². The van der Waals surface area contributed by atoms with Crippen LogP contribution in [0.1, 0.15) is 39.4 Å². The van der Waals surface area contributed by atoms with Crippen molar-refractivity contribution in [2.45, 2.75) is 45.9 Å². The number of benzene rings is 1. The largest absolute Gasteiger partial charge is 0.493 e. The molecule has 0 bridgehead atoms. The van der Waals surface area contributed by atoms with Crippen molar-refractivity contribution in [3.8, 4) is 11.5 Å². The van der Waals surface area contributed by atoms with Gasteiger partial charge in [-0.2, -0.15) is 0 Å². The van der Waals surface area contributed by atoms with Crippen molar-refractivity contribution in [1.29, 1.82) is 0 Å². The second-order valence-electron chi connectivity index (χ2n) is 5.71. The van der Waals surface area contributed by atoms with Gasteiger partial charge in [0, 0.05) is 25.5 Å². The third kappa shape index (κ3) is 5.41. The lowest BCUT2D eigenvalue weighted by molar-refractivity contribution is -0.0140. The summed E-state index contributed by atoms with van der Waals surface area (Å²) in [4.78, 5) is 2.26. The topological polar surface area (TPSA) is 30.9 Å². The van der Waals surface area contributed by atoms with Crippen LogP contribution in [0, 0.1) is 0 Å². The summed E-state index contributed by atoms with van der Waals surface area (Å²) in [6.45, 7) is 9.24. The first-order valence-corrected chi connectivity index (χ1v) is 7.60. The van der Waals surface area contributed by atoms with Gasteiger partial charge in [0.25, 0.3) is 0 Å². The summed E-state index contributed by atoms with van der Waals surface area (Å²) in [5, 5.41) is 0. The highest BCUT2D eigenvalue weighted by molar-refractivity contribution is 7.75. The van der Waals surface area contributed by atoms with Crippen molar-refractivity contribution < 1.29 is 13.7 Å². The Balaban J connectivity index is 3.02. The zero-order chi connectivity index (χ0) is 16.0. The summed E-state index contributed by atoms with van der Waals surface area (Å²) in [6.07, 6.45) is 0.128. The Labute approximate surface area is 134 Å². The van der Waals surface area contributed by atoms with Gasteiger partial charge in [-0.1, -0.05) is 6.07 Å². The molecular formula is C16H27NO3S. The van der Waals surface area contributed by atoms with E-state index in [0.717, 1.165) is 12.1 Å². The predicted octanol–water partition coefficient (Wildman–Crippen LogP) is 3.73. The van der Waals surface area contributed by atoms with Crippen molar-refractivity contribution in [3.63, 3.8) is 0 Å². The smallest absolute Gasteiger partial charge is 0.179 e. The Bertz CT molecular complexity index is 438. The summed E-state index contributed by atoms with van der Waals surface area (Å²) < 4.78 is 16.4. The Hall–Kier alpha value is -0.910. The molecule has 0 saturated carbocycles. The van der Waals surface area contributed by atoms with Gasteiger partial charge in [-0.15, -0.1) is 0 Å². The van der Waals surface area contributed by atoms with Crippen LogP contribution in [0.15, 0.2) is 18.2 Å². The van der Waals surface area contributed by atoms with Crippen LogP contribution in [0.4, 0.5) is 0 Å². The molecule has 5 heteroatoms. The molecule has 1 unspecified atom stereocenters. The van der Waals surface area contributed by atoms with E-state index in [0.29, 0.717) is 17.5 Å². The molecule has 0 amide bonds. The van der Waals surface area contributed by atoms with E-state index in [1.807, 2.05) is 32.0 Å². The van der Waals surface area contributed by atoms with E-state index < -0.39 is 0 Å². The minimum atomic E-state index is -0.0226. The molecule has 4 nitrogen and oxygen atoms in total. The second-order valence-corrected chi connectivity index (χ2v) is 5.89. The number of methoxy groups -OCH3 is 1. The maximum absolute atomic E-state index is 6.07.